The van der Waals surface area contributed by atoms with E-state index in [1.54, 1.807) is 20.8 Å². The monoisotopic (exact) mass is 384 g/mol. The highest BCUT2D eigenvalue weighted by molar-refractivity contribution is 5.95. The summed E-state index contributed by atoms with van der Waals surface area (Å²) in [6.07, 6.45) is 0. The predicted octanol–water partition coefficient (Wildman–Crippen LogP) is 3.22. The van der Waals surface area contributed by atoms with Gasteiger partial charge in [-0.1, -0.05) is 6.07 Å². The number of methoxy groups -OCH3 is 1. The molecule has 1 aromatic rings. The Labute approximate surface area is 155 Å². The summed E-state index contributed by atoms with van der Waals surface area (Å²) >= 11 is 0. The second-order valence-electron chi connectivity index (χ2n) is 5.64. The van der Waals surface area contributed by atoms with E-state index in [-0.39, 0.29) is 29.7 Å². The number of carbonyl (C=O) groups excluding carboxylic acids is 2. The highest BCUT2D eigenvalue weighted by Gasteiger charge is 2.36. The van der Waals surface area contributed by atoms with Crippen LogP contribution >= 0.6 is 0 Å². The molecule has 1 aliphatic heterocycles. The van der Waals surface area contributed by atoms with E-state index in [9.17, 15) is 18.4 Å². The fourth-order valence-corrected chi connectivity index (χ4v) is 2.94. The molecule has 0 radical (unpaired) electrons. The van der Waals surface area contributed by atoms with Crippen molar-refractivity contribution in [2.45, 2.75) is 33.4 Å². The third-order valence-electron chi connectivity index (χ3n) is 4.14. The Hall–Kier alpha value is -2.84. The summed E-state index contributed by atoms with van der Waals surface area (Å²) in [6, 6.07) is 3.04. The molecule has 1 unspecified atom stereocenters. The molecule has 0 saturated carbocycles. The molecule has 2 amide bonds. The zero-order valence-corrected chi connectivity index (χ0v) is 15.5. The molecule has 148 valence electrons. The average molecular weight is 384 g/mol. The number of allylic oxidation sites excluding steroid dienone is 1. The summed E-state index contributed by atoms with van der Waals surface area (Å²) in [4.78, 5) is 26.3. The van der Waals surface area contributed by atoms with Crippen LogP contribution < -0.4 is 14.8 Å². The van der Waals surface area contributed by atoms with Gasteiger partial charge in [0.1, 0.15) is 0 Å². The van der Waals surface area contributed by atoms with Gasteiger partial charge in [0, 0.05) is 12.2 Å². The summed E-state index contributed by atoms with van der Waals surface area (Å²) in [7, 11) is 1.31. The molecule has 0 bridgehead atoms. The van der Waals surface area contributed by atoms with E-state index in [0.717, 1.165) is 0 Å². The largest absolute Gasteiger partial charge is 0.493 e. The smallest absolute Gasteiger partial charge is 0.387 e. The lowest BCUT2D eigenvalue weighted by Crippen LogP contribution is -2.47. The number of hydrogen-bond donors (Lipinski definition) is 1. The molecule has 7 nitrogen and oxygen atoms in total. The van der Waals surface area contributed by atoms with Crippen molar-refractivity contribution in [1.29, 1.82) is 0 Å². The maximum absolute atomic E-state index is 12.5. The SMILES string of the molecule is CCOC(=O)C1=C(C)N(CC)C(=O)NC1c1ccc(OC(F)F)c(OC)c1. The van der Waals surface area contributed by atoms with E-state index in [4.69, 9.17) is 9.47 Å². The van der Waals surface area contributed by atoms with E-state index < -0.39 is 18.6 Å². The Balaban J connectivity index is 2.52. The van der Waals surface area contributed by atoms with Crippen LogP contribution in [0.3, 0.4) is 0 Å². The van der Waals surface area contributed by atoms with Gasteiger partial charge in [-0.2, -0.15) is 8.78 Å². The Morgan fingerprint density at radius 1 is 1.30 bits per heavy atom. The fraction of sp³-hybridized carbons (Fsp3) is 0.444. The van der Waals surface area contributed by atoms with E-state index in [1.165, 1.54) is 30.2 Å². The first-order valence-corrected chi connectivity index (χ1v) is 8.42. The molecule has 1 aliphatic rings. The quantitative estimate of drug-likeness (QED) is 0.731. The van der Waals surface area contributed by atoms with Gasteiger partial charge in [-0.05, 0) is 38.5 Å². The maximum Gasteiger partial charge on any atom is 0.387 e. The normalized spacial score (nSPS) is 17.1. The number of urea groups is 1. The minimum atomic E-state index is -3.01. The van der Waals surface area contributed by atoms with Gasteiger partial charge in [0.05, 0.1) is 25.3 Å². The van der Waals surface area contributed by atoms with Gasteiger partial charge >= 0.3 is 18.6 Å². The van der Waals surface area contributed by atoms with Crippen LogP contribution in [-0.4, -0.2) is 43.8 Å². The first-order chi connectivity index (χ1) is 12.8. The fourth-order valence-electron chi connectivity index (χ4n) is 2.94. The number of amides is 2. The molecule has 2 rings (SSSR count). The van der Waals surface area contributed by atoms with Crippen LogP contribution in [0.5, 0.6) is 11.5 Å². The van der Waals surface area contributed by atoms with Crippen molar-refractivity contribution >= 4 is 12.0 Å². The van der Waals surface area contributed by atoms with Crippen molar-refractivity contribution in [2.75, 3.05) is 20.3 Å². The summed E-state index contributed by atoms with van der Waals surface area (Å²) in [5.41, 5.74) is 1.21. The zero-order chi connectivity index (χ0) is 20.1. The molecule has 0 fully saturated rings. The number of ether oxygens (including phenoxy) is 3. The zero-order valence-electron chi connectivity index (χ0n) is 15.5. The van der Waals surface area contributed by atoms with Crippen LogP contribution in [0.2, 0.25) is 0 Å². The summed E-state index contributed by atoms with van der Waals surface area (Å²) in [6.45, 7) is 2.67. The second-order valence-corrected chi connectivity index (χ2v) is 5.64. The predicted molar refractivity (Wildman–Crippen MR) is 92.6 cm³/mol. The van der Waals surface area contributed by atoms with Crippen molar-refractivity contribution in [3.63, 3.8) is 0 Å². The van der Waals surface area contributed by atoms with Gasteiger partial charge in [-0.25, -0.2) is 9.59 Å². The second kappa shape index (κ2) is 8.70. The van der Waals surface area contributed by atoms with Crippen LogP contribution in [0, 0.1) is 0 Å². The maximum atomic E-state index is 12.5. The van der Waals surface area contributed by atoms with Crippen LogP contribution in [0.1, 0.15) is 32.4 Å². The molecule has 27 heavy (non-hydrogen) atoms. The molecule has 0 aliphatic carbocycles. The van der Waals surface area contributed by atoms with E-state index in [0.29, 0.717) is 17.8 Å². The number of carbonyl (C=O) groups is 2. The molecule has 1 atom stereocenters. The number of rotatable bonds is 7. The Bertz CT molecular complexity index is 751. The van der Waals surface area contributed by atoms with Gasteiger partial charge in [0.2, 0.25) is 0 Å². The summed E-state index contributed by atoms with van der Waals surface area (Å²) in [5, 5.41) is 2.75. The highest BCUT2D eigenvalue weighted by Crippen LogP contribution is 2.36. The third-order valence-corrected chi connectivity index (χ3v) is 4.14. The molecular formula is C18H22F2N2O5. The molecule has 0 aromatic heterocycles. The minimum Gasteiger partial charge on any atom is -0.493 e. The Kier molecular flexibility index (Phi) is 6.59. The number of nitrogens with zero attached hydrogens (tertiary/aromatic N) is 1. The van der Waals surface area contributed by atoms with E-state index in [1.807, 2.05) is 0 Å². The van der Waals surface area contributed by atoms with Gasteiger partial charge in [0.25, 0.3) is 0 Å². The lowest BCUT2D eigenvalue weighted by Gasteiger charge is -2.35. The molecule has 0 saturated heterocycles. The topological polar surface area (TPSA) is 77.1 Å². The third kappa shape index (κ3) is 4.29. The van der Waals surface area contributed by atoms with Crippen LogP contribution in [-0.2, 0) is 9.53 Å². The first-order valence-electron chi connectivity index (χ1n) is 8.42. The van der Waals surface area contributed by atoms with Gasteiger partial charge in [-0.15, -0.1) is 0 Å². The number of halogens is 2. The number of alkyl halides is 2. The van der Waals surface area contributed by atoms with Gasteiger partial charge in [-0.3, -0.25) is 4.90 Å². The standard InChI is InChI=1S/C18H22F2N2O5/c1-5-22-10(3)14(16(23)26-6-2)15(21-18(22)24)11-7-8-12(27-17(19)20)13(9-11)25-4/h7-9,15,17H,5-6H2,1-4H3,(H,21,24). The van der Waals surface area contributed by atoms with Gasteiger partial charge < -0.3 is 19.5 Å². The Morgan fingerprint density at radius 3 is 2.56 bits per heavy atom. The minimum absolute atomic E-state index is 0.0563. The summed E-state index contributed by atoms with van der Waals surface area (Å²) < 4.78 is 39.7. The van der Waals surface area contributed by atoms with Crippen molar-refractivity contribution < 1.29 is 32.6 Å². The Morgan fingerprint density at radius 2 is 2.00 bits per heavy atom. The molecule has 1 heterocycles. The van der Waals surface area contributed by atoms with Crippen LogP contribution in [0.15, 0.2) is 29.5 Å². The average Bonchev–Trinajstić information content (AvgIpc) is 2.61. The highest BCUT2D eigenvalue weighted by atomic mass is 19.3. The lowest BCUT2D eigenvalue weighted by molar-refractivity contribution is -0.139. The molecule has 0 spiro atoms. The summed E-state index contributed by atoms with van der Waals surface area (Å²) in [5.74, 6) is -0.655. The molecule has 9 heteroatoms. The van der Waals surface area contributed by atoms with Crippen molar-refractivity contribution in [3.8, 4) is 11.5 Å². The van der Waals surface area contributed by atoms with Crippen LogP contribution in [0.4, 0.5) is 13.6 Å². The van der Waals surface area contributed by atoms with Crippen LogP contribution in [0.25, 0.3) is 0 Å². The first kappa shape index (κ1) is 20.5. The number of hydrogen-bond acceptors (Lipinski definition) is 5. The molecular weight excluding hydrogens is 362 g/mol. The van der Waals surface area contributed by atoms with Crippen molar-refractivity contribution in [2.24, 2.45) is 0 Å². The van der Waals surface area contributed by atoms with Gasteiger partial charge in [0.15, 0.2) is 11.5 Å². The van der Waals surface area contributed by atoms with Crippen molar-refractivity contribution in [1.82, 2.24) is 10.2 Å². The molecule has 1 N–H and O–H groups in total. The number of esters is 1. The van der Waals surface area contributed by atoms with Crippen molar-refractivity contribution in [3.05, 3.63) is 35.0 Å². The molecule has 1 aromatic carbocycles. The van der Waals surface area contributed by atoms with E-state index in [2.05, 4.69) is 10.1 Å². The lowest BCUT2D eigenvalue weighted by atomic mass is 9.94. The number of nitrogens with one attached hydrogen (secondary N) is 1. The van der Waals surface area contributed by atoms with E-state index >= 15 is 0 Å². The number of benzene rings is 1.